The molecule has 5 rings (SSSR count). The van der Waals surface area contributed by atoms with Crippen LogP contribution in [-0.2, 0) is 0 Å². The molecule has 4 aromatic rings. The molecule has 0 atom stereocenters. The van der Waals surface area contributed by atoms with Gasteiger partial charge in [0.05, 0.1) is 15.9 Å². The Morgan fingerprint density at radius 1 is 1.12 bits per heavy atom. The Labute approximate surface area is 190 Å². The number of ketones is 1. The standard InChI is InChI=1S/C25H26N4O2S/c1-26-24(31)17-6-4-16(5-7-17)20-14-29-21-9-8-18(13-23(21)32-25(29)27-20)22(30)12-15-10-19(11-15)28(2)3/h4-9,13-15,19H,10-12H2,1-3H3,(H,26,31). The van der Waals surface area contributed by atoms with E-state index in [4.69, 9.17) is 4.98 Å². The summed E-state index contributed by atoms with van der Waals surface area (Å²) >= 11 is 1.59. The lowest BCUT2D eigenvalue weighted by Gasteiger charge is -2.39. The van der Waals surface area contributed by atoms with Crippen LogP contribution < -0.4 is 5.32 Å². The lowest BCUT2D eigenvalue weighted by atomic mass is 9.76. The smallest absolute Gasteiger partial charge is 0.251 e. The summed E-state index contributed by atoms with van der Waals surface area (Å²) in [4.78, 5) is 32.5. The maximum Gasteiger partial charge on any atom is 0.251 e. The molecule has 7 heteroatoms. The Balaban J connectivity index is 1.36. The van der Waals surface area contributed by atoms with E-state index in [-0.39, 0.29) is 11.7 Å². The average molecular weight is 447 g/mol. The van der Waals surface area contributed by atoms with Crippen molar-refractivity contribution in [1.82, 2.24) is 19.6 Å². The molecule has 6 nitrogen and oxygen atoms in total. The van der Waals surface area contributed by atoms with Gasteiger partial charge in [-0.3, -0.25) is 14.0 Å². The molecule has 2 aromatic carbocycles. The van der Waals surface area contributed by atoms with Gasteiger partial charge in [0.1, 0.15) is 0 Å². The first-order valence-corrected chi connectivity index (χ1v) is 11.7. The summed E-state index contributed by atoms with van der Waals surface area (Å²) in [5, 5.41) is 2.63. The maximum absolute atomic E-state index is 12.8. The van der Waals surface area contributed by atoms with Gasteiger partial charge in [-0.15, -0.1) is 0 Å². The number of Topliss-reactive ketones (excluding diaryl/α,β-unsaturated/α-hetero) is 1. The van der Waals surface area contributed by atoms with Crippen LogP contribution in [0.3, 0.4) is 0 Å². The molecule has 0 bridgehead atoms. The third-order valence-electron chi connectivity index (χ3n) is 6.50. The van der Waals surface area contributed by atoms with Crippen LogP contribution in [0, 0.1) is 5.92 Å². The third-order valence-corrected chi connectivity index (χ3v) is 7.52. The lowest BCUT2D eigenvalue weighted by Crippen LogP contribution is -2.41. The summed E-state index contributed by atoms with van der Waals surface area (Å²) in [6.45, 7) is 0. The van der Waals surface area contributed by atoms with Crippen molar-refractivity contribution in [3.8, 4) is 11.3 Å². The highest BCUT2D eigenvalue weighted by Crippen LogP contribution is 2.35. The Hall–Kier alpha value is -3.03. The first-order chi connectivity index (χ1) is 15.4. The second-order valence-electron chi connectivity index (χ2n) is 8.80. The number of thiazole rings is 1. The number of hydrogen-bond acceptors (Lipinski definition) is 5. The molecule has 164 valence electrons. The van der Waals surface area contributed by atoms with Crippen LogP contribution >= 0.6 is 11.3 Å². The van der Waals surface area contributed by atoms with Gasteiger partial charge >= 0.3 is 0 Å². The van der Waals surface area contributed by atoms with Crippen LogP contribution in [0.1, 0.15) is 40.0 Å². The molecular formula is C25H26N4O2S. The van der Waals surface area contributed by atoms with Gasteiger partial charge < -0.3 is 10.2 Å². The normalized spacial score (nSPS) is 18.2. The molecule has 0 aliphatic heterocycles. The Kier molecular flexibility index (Phi) is 5.31. The minimum absolute atomic E-state index is 0.103. The molecule has 32 heavy (non-hydrogen) atoms. The zero-order valence-corrected chi connectivity index (χ0v) is 19.3. The fourth-order valence-electron chi connectivity index (χ4n) is 4.42. The molecular weight excluding hydrogens is 420 g/mol. The van der Waals surface area contributed by atoms with Gasteiger partial charge in [0.25, 0.3) is 5.91 Å². The quantitative estimate of drug-likeness (QED) is 0.443. The first-order valence-electron chi connectivity index (χ1n) is 10.9. The summed E-state index contributed by atoms with van der Waals surface area (Å²) in [6.07, 6.45) is 4.87. The van der Waals surface area contributed by atoms with Gasteiger partial charge in [0.15, 0.2) is 10.7 Å². The summed E-state index contributed by atoms with van der Waals surface area (Å²) in [5.41, 5.74) is 4.30. The van der Waals surface area contributed by atoms with Crippen molar-refractivity contribution < 1.29 is 9.59 Å². The van der Waals surface area contributed by atoms with E-state index < -0.39 is 0 Å². The van der Waals surface area contributed by atoms with Gasteiger partial charge in [-0.05, 0) is 63.2 Å². The highest BCUT2D eigenvalue weighted by molar-refractivity contribution is 7.23. The average Bonchev–Trinajstić information content (AvgIpc) is 3.32. The minimum Gasteiger partial charge on any atom is -0.355 e. The lowest BCUT2D eigenvalue weighted by molar-refractivity contribution is 0.0828. The van der Waals surface area contributed by atoms with Crippen LogP contribution in [-0.4, -0.2) is 53.2 Å². The monoisotopic (exact) mass is 446 g/mol. The number of carbonyl (C=O) groups excluding carboxylic acids is 2. The molecule has 2 aromatic heterocycles. The second-order valence-corrected chi connectivity index (χ2v) is 9.81. The van der Waals surface area contributed by atoms with E-state index in [9.17, 15) is 9.59 Å². The fraction of sp³-hybridized carbons (Fsp3) is 0.320. The van der Waals surface area contributed by atoms with Crippen LogP contribution in [0.25, 0.3) is 26.4 Å². The number of imidazole rings is 1. The molecule has 1 aliphatic rings. The van der Waals surface area contributed by atoms with E-state index in [0.717, 1.165) is 44.8 Å². The van der Waals surface area contributed by atoms with Gasteiger partial charge in [-0.1, -0.05) is 23.5 Å². The van der Waals surface area contributed by atoms with E-state index in [1.165, 1.54) is 0 Å². The van der Waals surface area contributed by atoms with Gasteiger partial charge in [-0.2, -0.15) is 0 Å². The molecule has 0 saturated heterocycles. The Bertz CT molecular complexity index is 1310. The molecule has 1 saturated carbocycles. The van der Waals surface area contributed by atoms with Gasteiger partial charge in [0, 0.05) is 42.4 Å². The molecule has 1 fully saturated rings. The summed E-state index contributed by atoms with van der Waals surface area (Å²) in [5.74, 6) is 0.634. The number of fused-ring (bicyclic) bond motifs is 3. The molecule has 1 aliphatic carbocycles. The Morgan fingerprint density at radius 3 is 2.53 bits per heavy atom. The fourth-order valence-corrected chi connectivity index (χ4v) is 5.47. The third kappa shape index (κ3) is 3.72. The number of amides is 1. The molecule has 0 spiro atoms. The highest BCUT2D eigenvalue weighted by atomic mass is 32.1. The van der Waals surface area contributed by atoms with Crippen LogP contribution in [0.15, 0.2) is 48.7 Å². The first kappa shape index (κ1) is 20.8. The number of carbonyl (C=O) groups is 2. The predicted molar refractivity (Wildman–Crippen MR) is 129 cm³/mol. The van der Waals surface area contributed by atoms with Gasteiger partial charge in [-0.25, -0.2) is 4.98 Å². The van der Waals surface area contributed by atoms with E-state index in [1.54, 1.807) is 30.5 Å². The minimum atomic E-state index is -0.103. The van der Waals surface area contributed by atoms with Crippen LogP contribution in [0.2, 0.25) is 0 Å². The Morgan fingerprint density at radius 2 is 1.84 bits per heavy atom. The number of hydrogen-bond donors (Lipinski definition) is 1. The van der Waals surface area contributed by atoms with E-state index in [2.05, 4.69) is 28.7 Å². The number of nitrogens with zero attached hydrogens (tertiary/aromatic N) is 3. The van der Waals surface area contributed by atoms with Crippen molar-refractivity contribution in [2.75, 3.05) is 21.1 Å². The molecule has 0 radical (unpaired) electrons. The van der Waals surface area contributed by atoms with Crippen molar-refractivity contribution in [1.29, 1.82) is 0 Å². The van der Waals surface area contributed by atoms with Gasteiger partial charge in [0.2, 0.25) is 0 Å². The van der Waals surface area contributed by atoms with E-state index >= 15 is 0 Å². The molecule has 1 N–H and O–H groups in total. The number of aromatic nitrogens is 2. The predicted octanol–water partition coefficient (Wildman–Crippen LogP) is 4.49. The molecule has 0 unspecified atom stereocenters. The molecule has 2 heterocycles. The van der Waals surface area contributed by atoms with Crippen molar-refractivity contribution in [3.05, 3.63) is 59.8 Å². The van der Waals surface area contributed by atoms with Crippen molar-refractivity contribution in [2.24, 2.45) is 5.92 Å². The number of nitrogens with one attached hydrogen (secondary N) is 1. The van der Waals surface area contributed by atoms with Crippen LogP contribution in [0.4, 0.5) is 0 Å². The van der Waals surface area contributed by atoms with E-state index in [1.807, 2.05) is 36.5 Å². The second kappa shape index (κ2) is 8.15. The van der Waals surface area contributed by atoms with Crippen LogP contribution in [0.5, 0.6) is 0 Å². The number of benzene rings is 2. The highest BCUT2D eigenvalue weighted by Gasteiger charge is 2.32. The summed E-state index contributed by atoms with van der Waals surface area (Å²) < 4.78 is 3.14. The summed E-state index contributed by atoms with van der Waals surface area (Å²) in [7, 11) is 5.84. The van der Waals surface area contributed by atoms with Crippen molar-refractivity contribution in [3.63, 3.8) is 0 Å². The van der Waals surface area contributed by atoms with Crippen molar-refractivity contribution in [2.45, 2.75) is 25.3 Å². The topological polar surface area (TPSA) is 66.7 Å². The summed E-state index contributed by atoms with van der Waals surface area (Å²) in [6, 6.07) is 14.0. The SMILES string of the molecule is CNC(=O)c1ccc(-c2cn3c(n2)sc2cc(C(=O)CC4CC(N(C)C)C4)ccc23)cc1. The molecule has 1 amide bonds. The zero-order chi connectivity index (χ0) is 22.4. The maximum atomic E-state index is 12.8. The van der Waals surface area contributed by atoms with E-state index in [0.29, 0.717) is 23.9 Å². The largest absolute Gasteiger partial charge is 0.355 e. The van der Waals surface area contributed by atoms with Crippen molar-refractivity contribution >= 4 is 38.2 Å². The number of rotatable bonds is 6. The zero-order valence-electron chi connectivity index (χ0n) is 18.5.